The van der Waals surface area contributed by atoms with Crippen LogP contribution in [0.1, 0.15) is 73.6 Å². The number of aromatic hydroxyl groups is 1. The maximum atomic E-state index is 12.9. The Balaban J connectivity index is 2.68. The predicted molar refractivity (Wildman–Crippen MR) is 125 cm³/mol. The van der Waals surface area contributed by atoms with E-state index in [9.17, 15) is 19.5 Å². The Labute approximate surface area is 198 Å². The van der Waals surface area contributed by atoms with Crippen LogP contribution < -0.4 is 5.43 Å². The molecular formula is C24H31N3O7. The number of carbonyl (C=O) groups is 3. The summed E-state index contributed by atoms with van der Waals surface area (Å²) in [5.74, 6) is -2.20. The third-order valence-corrected chi connectivity index (χ3v) is 4.43. The summed E-state index contributed by atoms with van der Waals surface area (Å²) in [6, 6.07) is 9.13. The van der Waals surface area contributed by atoms with Gasteiger partial charge < -0.3 is 23.9 Å². The van der Waals surface area contributed by atoms with Gasteiger partial charge in [0.15, 0.2) is 5.75 Å². The van der Waals surface area contributed by atoms with Crippen LogP contribution in [0.5, 0.6) is 5.75 Å². The zero-order valence-corrected chi connectivity index (χ0v) is 20.3. The molecule has 0 aliphatic heterocycles. The molecule has 0 spiro atoms. The van der Waals surface area contributed by atoms with Gasteiger partial charge in [-0.25, -0.2) is 19.8 Å². The van der Waals surface area contributed by atoms with Crippen molar-refractivity contribution in [3.8, 4) is 5.75 Å². The van der Waals surface area contributed by atoms with Crippen LogP contribution in [-0.4, -0.2) is 52.2 Å². The predicted octanol–water partition coefficient (Wildman–Crippen LogP) is 3.84. The molecule has 0 unspecified atom stereocenters. The molecule has 0 saturated heterocycles. The van der Waals surface area contributed by atoms with Crippen molar-refractivity contribution in [1.29, 1.82) is 0 Å². The van der Waals surface area contributed by atoms with E-state index in [0.29, 0.717) is 0 Å². The zero-order chi connectivity index (χ0) is 25.5. The van der Waals surface area contributed by atoms with Crippen molar-refractivity contribution in [2.75, 3.05) is 13.2 Å². The molecule has 0 aliphatic rings. The van der Waals surface area contributed by atoms with Gasteiger partial charge in [0.05, 0.1) is 18.9 Å². The first kappa shape index (κ1) is 26.4. The first-order valence-corrected chi connectivity index (χ1v) is 10.9. The second-order valence-electron chi connectivity index (χ2n) is 8.24. The summed E-state index contributed by atoms with van der Waals surface area (Å²) >= 11 is 0. The number of ether oxygens (including phenoxy) is 3. The maximum Gasteiger partial charge on any atom is 0.428 e. The van der Waals surface area contributed by atoms with Gasteiger partial charge in [0.2, 0.25) is 0 Å². The molecule has 1 amide bonds. The third kappa shape index (κ3) is 6.60. The molecule has 2 aromatic rings. The minimum absolute atomic E-state index is 0.0347. The molecule has 0 radical (unpaired) electrons. The number of nitrogens with zero attached hydrogens (tertiary/aromatic N) is 2. The van der Waals surface area contributed by atoms with E-state index < -0.39 is 29.4 Å². The fourth-order valence-electron chi connectivity index (χ4n) is 3.19. The lowest BCUT2D eigenvalue weighted by Crippen LogP contribution is -2.30. The topological polar surface area (TPSA) is 128 Å². The highest BCUT2D eigenvalue weighted by Crippen LogP contribution is 2.33. The third-order valence-electron chi connectivity index (χ3n) is 4.43. The van der Waals surface area contributed by atoms with Crippen LogP contribution in [0.15, 0.2) is 35.4 Å². The molecule has 0 atom stereocenters. The second kappa shape index (κ2) is 11.4. The Hall–Kier alpha value is -3.82. The van der Waals surface area contributed by atoms with Gasteiger partial charge in [0.1, 0.15) is 22.6 Å². The van der Waals surface area contributed by atoms with Crippen LogP contribution in [0, 0.1) is 0 Å². The average molecular weight is 474 g/mol. The molecule has 1 aromatic carbocycles. The number of esters is 2. The molecule has 0 aliphatic carbocycles. The van der Waals surface area contributed by atoms with E-state index in [0.717, 1.165) is 5.56 Å². The number of carbonyl (C=O) groups excluding carboxylic acids is 3. The normalized spacial score (nSPS) is 11.6. The number of hydrazone groups is 1. The van der Waals surface area contributed by atoms with Crippen molar-refractivity contribution >= 4 is 23.7 Å². The molecule has 0 bridgehead atoms. The van der Waals surface area contributed by atoms with Crippen LogP contribution in [0.3, 0.4) is 0 Å². The summed E-state index contributed by atoms with van der Waals surface area (Å²) in [7, 11) is 0. The van der Waals surface area contributed by atoms with E-state index in [1.165, 1.54) is 11.5 Å². The maximum absolute atomic E-state index is 12.9. The molecule has 0 saturated carbocycles. The molecule has 2 N–H and O–H groups in total. The largest absolute Gasteiger partial charge is 0.505 e. The van der Waals surface area contributed by atoms with Gasteiger partial charge in [-0.05, 0) is 47.1 Å². The lowest BCUT2D eigenvalue weighted by Gasteiger charge is -2.18. The van der Waals surface area contributed by atoms with Gasteiger partial charge in [-0.2, -0.15) is 5.10 Å². The van der Waals surface area contributed by atoms with Crippen LogP contribution in [0.2, 0.25) is 0 Å². The summed E-state index contributed by atoms with van der Waals surface area (Å²) in [6.45, 7) is 10.1. The van der Waals surface area contributed by atoms with Crippen molar-refractivity contribution in [2.45, 2.75) is 53.7 Å². The minimum atomic E-state index is -0.885. The van der Waals surface area contributed by atoms with E-state index in [-0.39, 0.29) is 42.4 Å². The van der Waals surface area contributed by atoms with Crippen molar-refractivity contribution in [2.24, 2.45) is 5.10 Å². The monoisotopic (exact) mass is 473 g/mol. The highest BCUT2D eigenvalue weighted by molar-refractivity contribution is 6.10. The van der Waals surface area contributed by atoms with Gasteiger partial charge >= 0.3 is 18.0 Å². The lowest BCUT2D eigenvalue weighted by molar-refractivity contribution is 0.0469. The smallest absolute Gasteiger partial charge is 0.428 e. The summed E-state index contributed by atoms with van der Waals surface area (Å²) in [5, 5.41) is 15.1. The van der Waals surface area contributed by atoms with Crippen molar-refractivity contribution < 1.29 is 33.7 Å². The molecular weight excluding hydrogens is 442 g/mol. The first-order chi connectivity index (χ1) is 16.0. The standard InChI is InChI=1S/C24H31N3O7/c1-7-32-21(29)17-19(22(30)33-8-2)27(14-16-12-10-9-11-13-16)18(20(17)28)15(3)25-26-23(31)34-24(4,5)6/h9-13,28H,7-8,14H2,1-6H3,(H,26,31)/b25-15+. The molecule has 0 fully saturated rings. The molecule has 2 rings (SSSR count). The van der Waals surface area contributed by atoms with Crippen LogP contribution >= 0.6 is 0 Å². The van der Waals surface area contributed by atoms with E-state index in [4.69, 9.17) is 14.2 Å². The molecule has 10 heteroatoms. The zero-order valence-electron chi connectivity index (χ0n) is 20.3. The van der Waals surface area contributed by atoms with Crippen LogP contribution in [-0.2, 0) is 20.8 Å². The summed E-state index contributed by atoms with van der Waals surface area (Å²) in [6.07, 6.45) is -0.802. The first-order valence-electron chi connectivity index (χ1n) is 10.9. The Bertz CT molecular complexity index is 1070. The molecule has 184 valence electrons. The molecule has 1 heterocycles. The lowest BCUT2D eigenvalue weighted by atomic mass is 10.2. The van der Waals surface area contributed by atoms with Crippen LogP contribution in [0.4, 0.5) is 4.79 Å². The fraction of sp³-hybridized carbons (Fsp3) is 0.417. The number of rotatable bonds is 8. The van der Waals surface area contributed by atoms with Crippen molar-refractivity contribution in [3.05, 3.63) is 52.8 Å². The molecule has 10 nitrogen and oxygen atoms in total. The van der Waals surface area contributed by atoms with E-state index in [2.05, 4.69) is 10.5 Å². The second-order valence-corrected chi connectivity index (χ2v) is 8.24. The number of hydrogen-bond donors (Lipinski definition) is 2. The Morgan fingerprint density at radius 1 is 1.00 bits per heavy atom. The number of aromatic nitrogens is 1. The van der Waals surface area contributed by atoms with Gasteiger partial charge in [0, 0.05) is 6.54 Å². The van der Waals surface area contributed by atoms with Gasteiger partial charge in [-0.1, -0.05) is 30.3 Å². The highest BCUT2D eigenvalue weighted by Gasteiger charge is 2.34. The Kier molecular flexibility index (Phi) is 8.83. The summed E-state index contributed by atoms with van der Waals surface area (Å²) in [5.41, 5.74) is 1.97. The number of amides is 1. The van der Waals surface area contributed by atoms with Gasteiger partial charge in [-0.3, -0.25) is 0 Å². The minimum Gasteiger partial charge on any atom is -0.505 e. The van der Waals surface area contributed by atoms with E-state index >= 15 is 0 Å². The molecule has 1 aromatic heterocycles. The Morgan fingerprint density at radius 3 is 2.15 bits per heavy atom. The fourth-order valence-corrected chi connectivity index (χ4v) is 3.19. The van der Waals surface area contributed by atoms with Crippen LogP contribution in [0.25, 0.3) is 0 Å². The molecule has 34 heavy (non-hydrogen) atoms. The van der Waals surface area contributed by atoms with Crippen molar-refractivity contribution in [3.63, 3.8) is 0 Å². The van der Waals surface area contributed by atoms with Gasteiger partial charge in [0.25, 0.3) is 0 Å². The summed E-state index contributed by atoms with van der Waals surface area (Å²) < 4.78 is 16.8. The van der Waals surface area contributed by atoms with Crippen molar-refractivity contribution in [1.82, 2.24) is 9.99 Å². The number of hydrogen-bond acceptors (Lipinski definition) is 8. The summed E-state index contributed by atoms with van der Waals surface area (Å²) in [4.78, 5) is 37.7. The Morgan fingerprint density at radius 2 is 1.59 bits per heavy atom. The van der Waals surface area contributed by atoms with Gasteiger partial charge in [-0.15, -0.1) is 0 Å². The number of nitrogens with one attached hydrogen (secondary N) is 1. The average Bonchev–Trinajstić information content (AvgIpc) is 3.04. The SMILES string of the molecule is CCOC(=O)c1c(O)c(/C(C)=N/NC(=O)OC(C)(C)C)n(Cc2ccccc2)c1C(=O)OCC. The number of benzene rings is 1. The quantitative estimate of drug-likeness (QED) is 0.258. The van der Waals surface area contributed by atoms with E-state index in [1.807, 2.05) is 30.3 Å². The highest BCUT2D eigenvalue weighted by atomic mass is 16.6. The van der Waals surface area contributed by atoms with E-state index in [1.54, 1.807) is 34.6 Å².